The van der Waals surface area contributed by atoms with Crippen molar-refractivity contribution in [1.82, 2.24) is 4.57 Å². The minimum Gasteiger partial charge on any atom is -0.310 e. The van der Waals surface area contributed by atoms with Crippen molar-refractivity contribution in [3.8, 4) is 50.2 Å². The van der Waals surface area contributed by atoms with Gasteiger partial charge in [0.05, 0.1) is 16.7 Å². The average Bonchev–Trinajstić information content (AvgIpc) is 3.72. The fourth-order valence-corrected chi connectivity index (χ4v) is 9.90. The van der Waals surface area contributed by atoms with Crippen LogP contribution in [0.4, 0.5) is 17.1 Å². The molecule has 0 fully saturated rings. The molecule has 0 radical (unpaired) electrons. The van der Waals surface area contributed by atoms with Gasteiger partial charge in [0, 0.05) is 39.0 Å². The molecule has 0 N–H and O–H groups in total. The lowest BCUT2D eigenvalue weighted by Gasteiger charge is -2.29. The van der Waals surface area contributed by atoms with Crippen molar-refractivity contribution in [1.29, 1.82) is 0 Å². The largest absolute Gasteiger partial charge is 0.310 e. The predicted octanol–water partition coefficient (Wildman–Crippen LogP) is 17.2. The van der Waals surface area contributed by atoms with E-state index in [2.05, 4.69) is 264 Å². The van der Waals surface area contributed by atoms with Gasteiger partial charge in [0.2, 0.25) is 0 Å². The second-order valence-electron chi connectivity index (χ2n) is 16.4. The van der Waals surface area contributed by atoms with Gasteiger partial charge in [0.1, 0.15) is 0 Å². The number of hydrogen-bond acceptors (Lipinski definition) is 1. The van der Waals surface area contributed by atoms with Crippen LogP contribution in [0.1, 0.15) is 0 Å². The molecule has 2 heteroatoms. The van der Waals surface area contributed by atoms with Crippen molar-refractivity contribution in [3.63, 3.8) is 0 Å². The Morgan fingerprint density at radius 3 is 1.52 bits per heavy atom. The second-order valence-corrected chi connectivity index (χ2v) is 16.4. The summed E-state index contributed by atoms with van der Waals surface area (Å²) in [6.45, 7) is 0. The molecule has 0 aliphatic rings. The maximum absolute atomic E-state index is 2.43. The first-order chi connectivity index (χ1) is 31.8. The van der Waals surface area contributed by atoms with Gasteiger partial charge in [-0.25, -0.2) is 0 Å². The number of hydrogen-bond donors (Lipinski definition) is 0. The quantitative estimate of drug-likeness (QED) is 0.148. The van der Waals surface area contributed by atoms with Crippen molar-refractivity contribution in [2.75, 3.05) is 4.90 Å². The molecule has 2 nitrogen and oxygen atoms in total. The molecular weight excluding hydrogens is 773 g/mol. The van der Waals surface area contributed by atoms with Gasteiger partial charge in [-0.2, -0.15) is 0 Å². The lowest BCUT2D eigenvalue weighted by molar-refractivity contribution is 1.18. The first-order valence-electron chi connectivity index (χ1n) is 22.0. The third kappa shape index (κ3) is 6.35. The molecule has 0 bridgehead atoms. The third-order valence-corrected chi connectivity index (χ3v) is 12.8. The molecule has 0 unspecified atom stereocenters. The summed E-state index contributed by atoms with van der Waals surface area (Å²) in [5.74, 6) is 0. The monoisotopic (exact) mass is 814 g/mol. The van der Waals surface area contributed by atoms with Gasteiger partial charge in [-0.3, -0.25) is 0 Å². The van der Waals surface area contributed by atoms with Gasteiger partial charge < -0.3 is 9.47 Å². The van der Waals surface area contributed by atoms with Crippen molar-refractivity contribution in [2.24, 2.45) is 0 Å². The number of anilines is 3. The van der Waals surface area contributed by atoms with Crippen molar-refractivity contribution in [3.05, 3.63) is 255 Å². The number of nitrogens with zero attached hydrogens (tertiary/aromatic N) is 2. The van der Waals surface area contributed by atoms with Gasteiger partial charge in [-0.1, -0.05) is 206 Å². The molecule has 64 heavy (non-hydrogen) atoms. The highest BCUT2D eigenvalue weighted by Crippen LogP contribution is 2.46. The number of benzene rings is 11. The van der Waals surface area contributed by atoms with E-state index in [4.69, 9.17) is 0 Å². The molecule has 11 aromatic carbocycles. The van der Waals surface area contributed by atoms with Crippen LogP contribution in [0.5, 0.6) is 0 Å². The Bertz CT molecular complexity index is 3630. The van der Waals surface area contributed by atoms with Crippen LogP contribution in [0.2, 0.25) is 0 Å². The van der Waals surface area contributed by atoms with Crippen LogP contribution in [0.15, 0.2) is 255 Å². The maximum atomic E-state index is 2.43. The van der Waals surface area contributed by atoms with Gasteiger partial charge in [-0.15, -0.1) is 0 Å². The van der Waals surface area contributed by atoms with Gasteiger partial charge >= 0.3 is 0 Å². The standard InChI is InChI=1S/C62H42N2/c1-3-17-44(18-4-1)53-29-14-21-47-22-15-31-57(61(47)53)55-26-9-11-33-59(55)63(49-39-35-45(36-40-49)52-28-13-20-43-19-7-8-25-51(43)52)50-41-37-46(38-42-50)54-30-16-32-58-56-27-10-12-34-60(56)64(62(54)58)48-23-5-2-6-24-48/h1-42H. The highest BCUT2D eigenvalue weighted by molar-refractivity contribution is 6.14. The Morgan fingerprint density at radius 1 is 0.281 bits per heavy atom. The van der Waals surface area contributed by atoms with E-state index in [9.17, 15) is 0 Å². The number of aromatic nitrogens is 1. The zero-order valence-electron chi connectivity index (χ0n) is 35.1. The van der Waals surface area contributed by atoms with E-state index in [0.717, 1.165) is 33.9 Å². The van der Waals surface area contributed by atoms with Crippen molar-refractivity contribution in [2.45, 2.75) is 0 Å². The summed E-state index contributed by atoms with van der Waals surface area (Å²) in [5, 5.41) is 7.44. The molecule has 0 saturated carbocycles. The van der Waals surface area contributed by atoms with Crippen LogP contribution in [0.25, 0.3) is 93.5 Å². The minimum atomic E-state index is 1.08. The molecule has 0 saturated heterocycles. The Hall–Kier alpha value is -8.46. The van der Waals surface area contributed by atoms with E-state index in [1.165, 1.54) is 76.7 Å². The molecule has 1 aromatic heterocycles. The average molecular weight is 815 g/mol. The summed E-state index contributed by atoms with van der Waals surface area (Å²) in [6.07, 6.45) is 0. The number of fused-ring (bicyclic) bond motifs is 5. The van der Waals surface area contributed by atoms with Crippen LogP contribution in [-0.2, 0) is 0 Å². The molecule has 0 aliphatic carbocycles. The summed E-state index contributed by atoms with van der Waals surface area (Å²) >= 11 is 0. The maximum Gasteiger partial charge on any atom is 0.0619 e. The Balaban J connectivity index is 1.04. The highest BCUT2D eigenvalue weighted by Gasteiger charge is 2.21. The van der Waals surface area contributed by atoms with E-state index in [1.54, 1.807) is 0 Å². The van der Waals surface area contributed by atoms with Gasteiger partial charge in [0.15, 0.2) is 0 Å². The molecular formula is C62H42N2. The van der Waals surface area contributed by atoms with Crippen LogP contribution < -0.4 is 4.90 Å². The summed E-state index contributed by atoms with van der Waals surface area (Å²) in [4.78, 5) is 2.43. The van der Waals surface area contributed by atoms with Crippen LogP contribution >= 0.6 is 0 Å². The summed E-state index contributed by atoms with van der Waals surface area (Å²) in [5.41, 5.74) is 16.4. The van der Waals surface area contributed by atoms with Gasteiger partial charge in [0.25, 0.3) is 0 Å². The fourth-order valence-electron chi connectivity index (χ4n) is 9.90. The first-order valence-corrected chi connectivity index (χ1v) is 22.0. The van der Waals surface area contributed by atoms with Crippen LogP contribution in [0.3, 0.4) is 0 Å². The van der Waals surface area contributed by atoms with Crippen molar-refractivity contribution < 1.29 is 0 Å². The first kappa shape index (κ1) is 37.3. The van der Waals surface area contributed by atoms with E-state index in [-0.39, 0.29) is 0 Å². The topological polar surface area (TPSA) is 8.17 Å². The summed E-state index contributed by atoms with van der Waals surface area (Å²) in [7, 11) is 0. The van der Waals surface area contributed by atoms with Crippen LogP contribution in [-0.4, -0.2) is 4.57 Å². The minimum absolute atomic E-state index is 1.08. The summed E-state index contributed by atoms with van der Waals surface area (Å²) < 4.78 is 2.42. The SMILES string of the molecule is c1ccc(-c2cccc3cccc(-c4ccccc4N(c4ccc(-c5cccc6ccccc56)cc4)c4ccc(-c5cccc6c7ccccc7n(-c7ccccc7)c56)cc4)c23)cc1. The van der Waals surface area contributed by atoms with E-state index in [1.807, 2.05) is 0 Å². The number of para-hydroxylation sites is 4. The summed E-state index contributed by atoms with van der Waals surface area (Å²) in [6, 6.07) is 92.7. The normalized spacial score (nSPS) is 11.4. The zero-order valence-corrected chi connectivity index (χ0v) is 35.1. The highest BCUT2D eigenvalue weighted by atomic mass is 15.1. The molecule has 300 valence electrons. The van der Waals surface area contributed by atoms with Gasteiger partial charge in [-0.05, 0) is 103 Å². The van der Waals surface area contributed by atoms with Crippen LogP contribution in [0, 0.1) is 0 Å². The Labute approximate surface area is 373 Å². The zero-order chi connectivity index (χ0) is 42.4. The molecule has 0 spiro atoms. The smallest absolute Gasteiger partial charge is 0.0619 e. The predicted molar refractivity (Wildman–Crippen MR) is 272 cm³/mol. The molecule has 0 amide bonds. The fraction of sp³-hybridized carbons (Fsp3) is 0. The molecule has 0 aliphatic heterocycles. The Kier molecular flexibility index (Phi) is 9.20. The van der Waals surface area contributed by atoms with E-state index < -0.39 is 0 Å². The second kappa shape index (κ2) is 15.8. The Morgan fingerprint density at radius 2 is 0.766 bits per heavy atom. The molecule has 1 heterocycles. The van der Waals surface area contributed by atoms with E-state index in [0.29, 0.717) is 0 Å². The third-order valence-electron chi connectivity index (χ3n) is 12.8. The molecule has 12 aromatic rings. The lowest BCUT2D eigenvalue weighted by Crippen LogP contribution is -2.11. The lowest BCUT2D eigenvalue weighted by atomic mass is 9.90. The number of rotatable bonds is 8. The molecule has 12 rings (SSSR count). The molecule has 0 atom stereocenters. The van der Waals surface area contributed by atoms with E-state index >= 15 is 0 Å². The van der Waals surface area contributed by atoms with Crippen molar-refractivity contribution >= 4 is 60.4 Å².